The molecule has 1 aromatic rings. The van der Waals surface area contributed by atoms with E-state index in [-0.39, 0.29) is 13.2 Å². The summed E-state index contributed by atoms with van der Waals surface area (Å²) in [5.74, 6) is -1.11. The van der Waals surface area contributed by atoms with E-state index in [0.29, 0.717) is 5.56 Å². The fraction of sp³-hybridized carbons (Fsp3) is 0.455. The smallest absolute Gasteiger partial charge is 0.264 e. The molecule has 0 saturated carbocycles. The molecule has 9 heteroatoms. The highest BCUT2D eigenvalue weighted by Gasteiger charge is 2.18. The van der Waals surface area contributed by atoms with Crippen molar-refractivity contribution in [1.29, 1.82) is 0 Å². The monoisotopic (exact) mass is 326 g/mol. The van der Waals surface area contributed by atoms with E-state index in [1.807, 2.05) is 0 Å². The first-order valence-corrected chi connectivity index (χ1v) is 9.14. The number of halogens is 1. The van der Waals surface area contributed by atoms with Crippen molar-refractivity contribution < 1.29 is 29.6 Å². The maximum atomic E-state index is 12.8. The van der Waals surface area contributed by atoms with Crippen LogP contribution in [0, 0.1) is 5.82 Å². The highest BCUT2D eigenvalue weighted by atomic mass is 32.2. The van der Waals surface area contributed by atoms with Gasteiger partial charge in [0.05, 0.1) is 25.7 Å². The summed E-state index contributed by atoms with van der Waals surface area (Å²) in [6.07, 6.45) is 1.76. The van der Waals surface area contributed by atoms with Gasteiger partial charge in [0.15, 0.2) is 0 Å². The number of hydrogen-bond acceptors (Lipinski definition) is 6. The van der Waals surface area contributed by atoms with Gasteiger partial charge in [-0.05, 0) is 17.7 Å². The first-order chi connectivity index (χ1) is 9.07. The Balaban J connectivity index is 2.86. The maximum Gasteiger partial charge on any atom is 0.264 e. The SMILES string of the molecule is CS(=O)(=O)OCC(COS(C)(=O)=O)c1ccc(F)cc1. The van der Waals surface area contributed by atoms with Gasteiger partial charge in [-0.1, -0.05) is 12.1 Å². The minimum Gasteiger partial charge on any atom is -0.270 e. The maximum absolute atomic E-state index is 12.8. The second-order valence-corrected chi connectivity index (χ2v) is 7.51. The fourth-order valence-corrected chi connectivity index (χ4v) is 2.21. The van der Waals surface area contributed by atoms with Crippen LogP contribution in [0.3, 0.4) is 0 Å². The Kier molecular flexibility index (Phi) is 5.63. The van der Waals surface area contributed by atoms with Crippen LogP contribution >= 0.6 is 0 Å². The third-order valence-corrected chi connectivity index (χ3v) is 3.44. The standard InChI is InChI=1S/C11H15FO6S2/c1-19(13,14)17-7-10(8-18-20(2,15)16)9-3-5-11(12)6-4-9/h3-6,10H,7-8H2,1-2H3. The van der Waals surface area contributed by atoms with E-state index >= 15 is 0 Å². The van der Waals surface area contributed by atoms with Crippen LogP contribution in [0.5, 0.6) is 0 Å². The van der Waals surface area contributed by atoms with Crippen molar-refractivity contribution in [2.45, 2.75) is 5.92 Å². The van der Waals surface area contributed by atoms with Gasteiger partial charge in [0.2, 0.25) is 0 Å². The van der Waals surface area contributed by atoms with Gasteiger partial charge in [-0.3, -0.25) is 8.37 Å². The summed E-state index contributed by atoms with van der Waals surface area (Å²) in [5.41, 5.74) is 0.513. The van der Waals surface area contributed by atoms with Crippen molar-refractivity contribution in [2.75, 3.05) is 25.7 Å². The summed E-state index contributed by atoms with van der Waals surface area (Å²) >= 11 is 0. The van der Waals surface area contributed by atoms with E-state index in [0.717, 1.165) is 12.5 Å². The zero-order chi connectivity index (χ0) is 15.4. The van der Waals surface area contributed by atoms with Crippen LogP contribution in [-0.2, 0) is 28.6 Å². The highest BCUT2D eigenvalue weighted by Crippen LogP contribution is 2.19. The lowest BCUT2D eigenvalue weighted by Crippen LogP contribution is -2.19. The van der Waals surface area contributed by atoms with Gasteiger partial charge in [-0.2, -0.15) is 16.8 Å². The Morgan fingerprint density at radius 1 is 0.950 bits per heavy atom. The molecule has 0 heterocycles. The van der Waals surface area contributed by atoms with Gasteiger partial charge in [0.25, 0.3) is 20.2 Å². The van der Waals surface area contributed by atoms with Gasteiger partial charge >= 0.3 is 0 Å². The average molecular weight is 326 g/mol. The summed E-state index contributed by atoms with van der Waals surface area (Å²) < 4.78 is 66.1. The summed E-state index contributed by atoms with van der Waals surface area (Å²) in [7, 11) is -7.34. The van der Waals surface area contributed by atoms with E-state index in [4.69, 9.17) is 0 Å². The Bertz CT molecular complexity index is 600. The van der Waals surface area contributed by atoms with Gasteiger partial charge < -0.3 is 0 Å². The van der Waals surface area contributed by atoms with Crippen LogP contribution in [0.25, 0.3) is 0 Å². The molecule has 0 unspecified atom stereocenters. The lowest BCUT2D eigenvalue weighted by Gasteiger charge is -2.16. The topological polar surface area (TPSA) is 86.7 Å². The average Bonchev–Trinajstić information content (AvgIpc) is 2.28. The minimum absolute atomic E-state index is 0.292. The largest absolute Gasteiger partial charge is 0.270 e. The van der Waals surface area contributed by atoms with Crippen LogP contribution in [0.2, 0.25) is 0 Å². The van der Waals surface area contributed by atoms with Crippen molar-refractivity contribution in [3.63, 3.8) is 0 Å². The molecule has 0 aromatic heterocycles. The van der Waals surface area contributed by atoms with E-state index in [2.05, 4.69) is 8.37 Å². The molecular formula is C11H15FO6S2. The van der Waals surface area contributed by atoms with E-state index in [1.54, 1.807) is 0 Å². The van der Waals surface area contributed by atoms with E-state index < -0.39 is 32.0 Å². The van der Waals surface area contributed by atoms with Gasteiger partial charge in [0, 0.05) is 5.92 Å². The molecule has 0 bridgehead atoms. The minimum atomic E-state index is -3.67. The van der Waals surface area contributed by atoms with Crippen LogP contribution < -0.4 is 0 Å². The lowest BCUT2D eigenvalue weighted by molar-refractivity contribution is 0.228. The number of rotatable bonds is 7. The molecule has 0 saturated heterocycles. The Morgan fingerprint density at radius 2 is 1.35 bits per heavy atom. The summed E-state index contributed by atoms with van der Waals surface area (Å²) in [4.78, 5) is 0. The molecular weight excluding hydrogens is 311 g/mol. The third-order valence-electron chi connectivity index (χ3n) is 2.31. The first kappa shape index (κ1) is 17.0. The zero-order valence-corrected chi connectivity index (χ0v) is 12.6. The molecule has 0 amide bonds. The molecule has 114 valence electrons. The molecule has 0 fully saturated rings. The zero-order valence-electron chi connectivity index (χ0n) is 10.9. The van der Waals surface area contributed by atoms with Crippen LogP contribution in [0.1, 0.15) is 11.5 Å². The highest BCUT2D eigenvalue weighted by molar-refractivity contribution is 7.86. The molecule has 0 aliphatic heterocycles. The predicted octanol–water partition coefficient (Wildman–Crippen LogP) is 0.862. The molecule has 0 spiro atoms. The van der Waals surface area contributed by atoms with Crippen molar-refractivity contribution in [3.05, 3.63) is 35.6 Å². The Hall–Kier alpha value is -1.03. The van der Waals surface area contributed by atoms with Crippen molar-refractivity contribution in [1.82, 2.24) is 0 Å². The molecule has 0 aliphatic carbocycles. The quantitative estimate of drug-likeness (QED) is 0.691. The van der Waals surface area contributed by atoms with Gasteiger partial charge in [-0.25, -0.2) is 4.39 Å². The Labute approximate surface area is 117 Å². The molecule has 0 aliphatic rings. The number of benzene rings is 1. The molecule has 20 heavy (non-hydrogen) atoms. The summed E-state index contributed by atoms with van der Waals surface area (Å²) in [6, 6.07) is 5.20. The second kappa shape index (κ2) is 6.61. The van der Waals surface area contributed by atoms with E-state index in [9.17, 15) is 21.2 Å². The molecule has 0 atom stereocenters. The fourth-order valence-electron chi connectivity index (χ4n) is 1.39. The predicted molar refractivity (Wildman–Crippen MR) is 70.7 cm³/mol. The van der Waals surface area contributed by atoms with Crippen molar-refractivity contribution in [2.24, 2.45) is 0 Å². The first-order valence-electron chi connectivity index (χ1n) is 5.51. The van der Waals surface area contributed by atoms with Crippen molar-refractivity contribution in [3.8, 4) is 0 Å². The second-order valence-electron chi connectivity index (χ2n) is 4.23. The van der Waals surface area contributed by atoms with E-state index in [1.165, 1.54) is 24.3 Å². The van der Waals surface area contributed by atoms with Gasteiger partial charge in [0.1, 0.15) is 5.82 Å². The summed E-state index contributed by atoms with van der Waals surface area (Å²) in [6.45, 7) is -0.583. The summed E-state index contributed by atoms with van der Waals surface area (Å²) in [5, 5.41) is 0. The van der Waals surface area contributed by atoms with Crippen molar-refractivity contribution >= 4 is 20.2 Å². The number of hydrogen-bond donors (Lipinski definition) is 0. The van der Waals surface area contributed by atoms with Crippen LogP contribution in [0.4, 0.5) is 4.39 Å². The molecule has 6 nitrogen and oxygen atoms in total. The van der Waals surface area contributed by atoms with Crippen LogP contribution in [0.15, 0.2) is 24.3 Å². The Morgan fingerprint density at radius 3 is 1.70 bits per heavy atom. The third kappa shape index (κ3) is 6.94. The lowest BCUT2D eigenvalue weighted by atomic mass is 10.0. The van der Waals surface area contributed by atoms with Crippen LogP contribution in [-0.4, -0.2) is 42.6 Å². The molecule has 1 aromatic carbocycles. The van der Waals surface area contributed by atoms with Gasteiger partial charge in [-0.15, -0.1) is 0 Å². The molecule has 0 radical (unpaired) electrons. The normalized spacial score (nSPS) is 12.8. The molecule has 0 N–H and O–H groups in total. The molecule has 1 rings (SSSR count).